The van der Waals surface area contributed by atoms with Crippen LogP contribution in [0, 0.1) is 17.7 Å². The molecule has 1 unspecified atom stereocenters. The van der Waals surface area contributed by atoms with Gasteiger partial charge >= 0.3 is 0 Å². The summed E-state index contributed by atoms with van der Waals surface area (Å²) in [5.41, 5.74) is 0.571. The van der Waals surface area contributed by atoms with Crippen LogP contribution in [0.25, 0.3) is 0 Å². The van der Waals surface area contributed by atoms with Gasteiger partial charge in [-0.15, -0.1) is 0 Å². The largest absolute Gasteiger partial charge is 0.491 e. The van der Waals surface area contributed by atoms with E-state index in [1.54, 1.807) is 6.07 Å². The molecule has 2 nitrogen and oxygen atoms in total. The van der Waals surface area contributed by atoms with Crippen molar-refractivity contribution in [3.8, 4) is 17.6 Å². The van der Waals surface area contributed by atoms with Crippen LogP contribution in [0.15, 0.2) is 18.2 Å². The number of ether oxygens (including phenoxy) is 1. The highest BCUT2D eigenvalue weighted by molar-refractivity contribution is 5.40. The normalized spacial score (nSPS) is 11.6. The maximum atomic E-state index is 13.4. The highest BCUT2D eigenvalue weighted by Crippen LogP contribution is 2.18. The van der Waals surface area contributed by atoms with Gasteiger partial charge in [-0.3, -0.25) is 0 Å². The molecule has 18 heavy (non-hydrogen) atoms. The zero-order valence-electron chi connectivity index (χ0n) is 10.9. The van der Waals surface area contributed by atoms with E-state index in [0.29, 0.717) is 17.7 Å². The summed E-state index contributed by atoms with van der Waals surface area (Å²) in [6.07, 6.45) is 2.41. The summed E-state index contributed by atoms with van der Waals surface area (Å²) in [6, 6.07) is 4.45. The molecule has 0 fully saturated rings. The van der Waals surface area contributed by atoms with Crippen LogP contribution in [0.5, 0.6) is 5.75 Å². The van der Waals surface area contributed by atoms with Crippen LogP contribution in [0.3, 0.4) is 0 Å². The van der Waals surface area contributed by atoms with Crippen molar-refractivity contribution in [1.29, 1.82) is 0 Å². The van der Waals surface area contributed by atoms with Crippen LogP contribution in [-0.4, -0.2) is 17.8 Å². The molecule has 0 aliphatic heterocycles. The minimum Gasteiger partial charge on any atom is -0.491 e. The fourth-order valence-electron chi connectivity index (χ4n) is 1.62. The molecule has 0 aliphatic carbocycles. The first-order chi connectivity index (χ1) is 8.65. The summed E-state index contributed by atoms with van der Waals surface area (Å²) in [5, 5.41) is 8.63. The molecule has 1 aromatic carbocycles. The van der Waals surface area contributed by atoms with Crippen molar-refractivity contribution in [3.63, 3.8) is 0 Å². The van der Waals surface area contributed by atoms with Crippen LogP contribution >= 0.6 is 0 Å². The smallest absolute Gasteiger partial charge is 0.128 e. The molecule has 1 N–H and O–H groups in total. The number of aliphatic hydroxyl groups excluding tert-OH is 1. The number of halogens is 1. The van der Waals surface area contributed by atoms with Gasteiger partial charge in [0, 0.05) is 18.1 Å². The minimum atomic E-state index is -0.357. The molecular formula is C15H19FO2. The van der Waals surface area contributed by atoms with Crippen LogP contribution in [0.1, 0.15) is 38.7 Å². The van der Waals surface area contributed by atoms with Crippen LogP contribution in [0.2, 0.25) is 0 Å². The molecule has 0 amide bonds. The lowest BCUT2D eigenvalue weighted by Crippen LogP contribution is -2.11. The second kappa shape index (κ2) is 7.73. The number of rotatable bonds is 5. The predicted octanol–water partition coefficient (Wildman–Crippen LogP) is 3.13. The predicted molar refractivity (Wildman–Crippen MR) is 70.0 cm³/mol. The van der Waals surface area contributed by atoms with Crippen molar-refractivity contribution in [3.05, 3.63) is 29.6 Å². The van der Waals surface area contributed by atoms with Crippen molar-refractivity contribution in [1.82, 2.24) is 0 Å². The van der Waals surface area contributed by atoms with Gasteiger partial charge < -0.3 is 9.84 Å². The molecule has 0 spiro atoms. The number of aliphatic hydroxyl groups is 1. The van der Waals surface area contributed by atoms with Crippen molar-refractivity contribution < 1.29 is 14.2 Å². The molecule has 0 saturated heterocycles. The van der Waals surface area contributed by atoms with Gasteiger partial charge in [0.1, 0.15) is 11.6 Å². The number of hydrogen-bond acceptors (Lipinski definition) is 2. The number of hydrogen-bond donors (Lipinski definition) is 1. The highest BCUT2D eigenvalue weighted by atomic mass is 19.1. The van der Waals surface area contributed by atoms with Gasteiger partial charge in [-0.1, -0.05) is 25.2 Å². The van der Waals surface area contributed by atoms with Crippen molar-refractivity contribution in [2.75, 3.05) is 6.61 Å². The monoisotopic (exact) mass is 250 g/mol. The van der Waals surface area contributed by atoms with Crippen molar-refractivity contribution in [2.24, 2.45) is 0 Å². The van der Waals surface area contributed by atoms with Crippen molar-refractivity contribution in [2.45, 2.75) is 39.2 Å². The Morgan fingerprint density at radius 3 is 2.83 bits per heavy atom. The molecule has 0 saturated carbocycles. The first kappa shape index (κ1) is 14.5. The van der Waals surface area contributed by atoms with E-state index in [0.717, 1.165) is 12.8 Å². The van der Waals surface area contributed by atoms with Crippen molar-refractivity contribution >= 4 is 0 Å². The van der Waals surface area contributed by atoms with Gasteiger partial charge in [-0.2, -0.15) is 0 Å². The van der Waals surface area contributed by atoms with E-state index >= 15 is 0 Å². The average Bonchev–Trinajstić information content (AvgIpc) is 2.28. The zero-order chi connectivity index (χ0) is 13.4. The summed E-state index contributed by atoms with van der Waals surface area (Å²) >= 11 is 0. The minimum absolute atomic E-state index is 0.0131. The molecule has 0 aliphatic rings. The van der Waals surface area contributed by atoms with Gasteiger partial charge in [-0.05, 0) is 25.5 Å². The molecule has 3 heteroatoms. The summed E-state index contributed by atoms with van der Waals surface area (Å²) < 4.78 is 19.0. The van der Waals surface area contributed by atoms with E-state index in [1.165, 1.54) is 12.1 Å². The third-order valence-electron chi connectivity index (χ3n) is 2.37. The maximum absolute atomic E-state index is 13.4. The van der Waals surface area contributed by atoms with E-state index in [2.05, 4.69) is 18.8 Å². The fraction of sp³-hybridized carbons (Fsp3) is 0.467. The number of benzene rings is 1. The van der Waals surface area contributed by atoms with Gasteiger partial charge in [0.25, 0.3) is 0 Å². The summed E-state index contributed by atoms with van der Waals surface area (Å²) in [5.74, 6) is 5.71. The van der Waals surface area contributed by atoms with E-state index in [4.69, 9.17) is 9.84 Å². The Hall–Kier alpha value is -1.53. The first-order valence-corrected chi connectivity index (χ1v) is 6.22. The standard InChI is InChI=1S/C15H19FO2/c1-3-6-12(2)18-15-10-13(7-4-5-8-17)9-14(16)11-15/h9-12,17H,3,5-6,8H2,1-2H3. The molecule has 0 aromatic heterocycles. The van der Waals surface area contributed by atoms with Gasteiger partial charge in [0.2, 0.25) is 0 Å². The zero-order valence-corrected chi connectivity index (χ0v) is 10.9. The lowest BCUT2D eigenvalue weighted by molar-refractivity contribution is 0.209. The summed E-state index contributed by atoms with van der Waals surface area (Å²) in [7, 11) is 0. The maximum Gasteiger partial charge on any atom is 0.128 e. The summed E-state index contributed by atoms with van der Waals surface area (Å²) in [4.78, 5) is 0. The van der Waals surface area contributed by atoms with E-state index in [1.807, 2.05) is 6.92 Å². The van der Waals surface area contributed by atoms with E-state index in [-0.39, 0.29) is 18.5 Å². The molecule has 1 atom stereocenters. The first-order valence-electron chi connectivity index (χ1n) is 6.22. The Balaban J connectivity index is 2.78. The van der Waals surface area contributed by atoms with Crippen LogP contribution in [-0.2, 0) is 0 Å². The Morgan fingerprint density at radius 2 is 2.17 bits per heavy atom. The lowest BCUT2D eigenvalue weighted by atomic mass is 10.2. The second-order valence-corrected chi connectivity index (χ2v) is 4.17. The molecule has 98 valence electrons. The van der Waals surface area contributed by atoms with Crippen LogP contribution < -0.4 is 4.74 Å². The lowest BCUT2D eigenvalue weighted by Gasteiger charge is -2.13. The Labute approximate surface area is 108 Å². The third-order valence-corrected chi connectivity index (χ3v) is 2.37. The topological polar surface area (TPSA) is 29.5 Å². The highest BCUT2D eigenvalue weighted by Gasteiger charge is 2.05. The molecule has 1 rings (SSSR count). The van der Waals surface area contributed by atoms with Gasteiger partial charge in [-0.25, -0.2) is 4.39 Å². The second-order valence-electron chi connectivity index (χ2n) is 4.17. The quantitative estimate of drug-likeness (QED) is 0.814. The fourth-order valence-corrected chi connectivity index (χ4v) is 1.62. The Morgan fingerprint density at radius 1 is 1.39 bits per heavy atom. The van der Waals surface area contributed by atoms with Gasteiger partial charge in [0.15, 0.2) is 0 Å². The molecular weight excluding hydrogens is 231 g/mol. The van der Waals surface area contributed by atoms with E-state index < -0.39 is 0 Å². The van der Waals surface area contributed by atoms with Gasteiger partial charge in [0.05, 0.1) is 12.7 Å². The molecule has 0 radical (unpaired) electrons. The van der Waals surface area contributed by atoms with E-state index in [9.17, 15) is 4.39 Å². The SMILES string of the molecule is CCCC(C)Oc1cc(F)cc(C#CCCO)c1. The summed E-state index contributed by atoms with van der Waals surface area (Å²) in [6.45, 7) is 4.06. The third kappa shape index (κ3) is 5.20. The molecule has 0 bridgehead atoms. The molecule has 0 heterocycles. The average molecular weight is 250 g/mol. The van der Waals surface area contributed by atoms with Crippen LogP contribution in [0.4, 0.5) is 4.39 Å². The Kier molecular flexibility index (Phi) is 6.24. The molecule has 1 aromatic rings. The Bertz CT molecular complexity index is 432.